The molecule has 38 heavy (non-hydrogen) atoms. The number of aromatic amines is 1. The van der Waals surface area contributed by atoms with Crippen molar-refractivity contribution in [3.05, 3.63) is 123 Å². The number of nitrogens with one attached hydrogen (secondary N) is 1. The maximum atomic E-state index is 13.4. The molecule has 0 saturated carbocycles. The summed E-state index contributed by atoms with van der Waals surface area (Å²) in [5.74, 6) is 0.425. The number of aryl methyl sites for hydroxylation is 2. The molecule has 8 heteroatoms. The number of hydrogen-bond acceptors (Lipinski definition) is 5. The molecule has 2 aromatic heterocycles. The standard InChI is InChI=1S/C30H31FN6O/c1-4-27(29-33-34-35-37(29)18-23-12-14-25(31)15-13-23)36(17-22-8-6-5-7-9-22)19-24-16-26-20(2)10-11-21(3)28(26)32-30(24)38/h5-16,27H,4,17-19H2,1-3H3,(H,32,38). The number of nitrogens with zero attached hydrogens (tertiary/aromatic N) is 5. The summed E-state index contributed by atoms with van der Waals surface area (Å²) in [5.41, 5.74) is 5.68. The van der Waals surface area contributed by atoms with Crippen LogP contribution in [0.25, 0.3) is 10.9 Å². The Kier molecular flexibility index (Phi) is 7.42. The van der Waals surface area contributed by atoms with Gasteiger partial charge in [-0.3, -0.25) is 9.69 Å². The molecule has 1 atom stereocenters. The van der Waals surface area contributed by atoms with Crippen molar-refractivity contribution in [2.75, 3.05) is 0 Å². The Morgan fingerprint density at radius 3 is 2.42 bits per heavy atom. The third-order valence-corrected chi connectivity index (χ3v) is 7.05. The Labute approximate surface area is 220 Å². The first-order valence-electron chi connectivity index (χ1n) is 12.8. The lowest BCUT2D eigenvalue weighted by molar-refractivity contribution is 0.161. The number of rotatable bonds is 9. The lowest BCUT2D eigenvalue weighted by atomic mass is 10.0. The van der Waals surface area contributed by atoms with Gasteiger partial charge in [0.1, 0.15) is 5.82 Å². The van der Waals surface area contributed by atoms with Crippen LogP contribution in [0.4, 0.5) is 4.39 Å². The molecule has 1 N–H and O–H groups in total. The van der Waals surface area contributed by atoms with Gasteiger partial charge in [-0.25, -0.2) is 9.07 Å². The molecule has 1 unspecified atom stereocenters. The summed E-state index contributed by atoms with van der Waals surface area (Å²) < 4.78 is 15.2. The Bertz CT molecular complexity index is 1590. The summed E-state index contributed by atoms with van der Waals surface area (Å²) in [6, 6.07) is 22.5. The quantitative estimate of drug-likeness (QED) is 0.284. The fourth-order valence-corrected chi connectivity index (χ4v) is 4.98. The van der Waals surface area contributed by atoms with E-state index >= 15 is 0 Å². The zero-order valence-electron chi connectivity index (χ0n) is 21.9. The molecule has 0 aliphatic rings. The average molecular weight is 511 g/mol. The summed E-state index contributed by atoms with van der Waals surface area (Å²) in [7, 11) is 0. The molecular formula is C30H31FN6O. The van der Waals surface area contributed by atoms with E-state index in [-0.39, 0.29) is 17.4 Å². The normalized spacial score (nSPS) is 12.3. The molecule has 0 amide bonds. The maximum absolute atomic E-state index is 13.4. The summed E-state index contributed by atoms with van der Waals surface area (Å²) >= 11 is 0. The van der Waals surface area contributed by atoms with Crippen molar-refractivity contribution in [3.63, 3.8) is 0 Å². The van der Waals surface area contributed by atoms with Crippen molar-refractivity contribution in [2.45, 2.75) is 52.9 Å². The van der Waals surface area contributed by atoms with Crippen LogP contribution >= 0.6 is 0 Å². The summed E-state index contributed by atoms with van der Waals surface area (Å²) in [4.78, 5) is 18.6. The molecule has 194 valence electrons. The minimum Gasteiger partial charge on any atom is -0.321 e. The minimum absolute atomic E-state index is 0.0926. The van der Waals surface area contributed by atoms with E-state index in [9.17, 15) is 9.18 Å². The second-order valence-electron chi connectivity index (χ2n) is 9.75. The van der Waals surface area contributed by atoms with Gasteiger partial charge in [0.25, 0.3) is 5.56 Å². The first-order valence-corrected chi connectivity index (χ1v) is 12.8. The zero-order chi connectivity index (χ0) is 26.6. The van der Waals surface area contributed by atoms with E-state index in [1.54, 1.807) is 16.8 Å². The van der Waals surface area contributed by atoms with E-state index in [0.717, 1.165) is 39.6 Å². The van der Waals surface area contributed by atoms with Crippen LogP contribution in [0.2, 0.25) is 0 Å². The Balaban J connectivity index is 1.53. The van der Waals surface area contributed by atoms with Crippen molar-refractivity contribution >= 4 is 10.9 Å². The highest BCUT2D eigenvalue weighted by atomic mass is 19.1. The summed E-state index contributed by atoms with van der Waals surface area (Å²) in [5, 5.41) is 13.7. The number of aromatic nitrogens is 5. The number of benzene rings is 3. The zero-order valence-corrected chi connectivity index (χ0v) is 21.9. The van der Waals surface area contributed by atoms with Crippen LogP contribution in [0.15, 0.2) is 77.6 Å². The number of fused-ring (bicyclic) bond motifs is 1. The molecule has 7 nitrogen and oxygen atoms in total. The Morgan fingerprint density at radius 1 is 0.947 bits per heavy atom. The molecule has 0 saturated heterocycles. The van der Waals surface area contributed by atoms with Crippen LogP contribution in [0.5, 0.6) is 0 Å². The van der Waals surface area contributed by atoms with Crippen molar-refractivity contribution in [3.8, 4) is 0 Å². The molecule has 0 aliphatic heterocycles. The SMILES string of the molecule is CCC(c1nnnn1Cc1ccc(F)cc1)N(Cc1ccccc1)Cc1cc2c(C)ccc(C)c2[nH]c1=O. The number of hydrogen-bond donors (Lipinski definition) is 1. The van der Waals surface area contributed by atoms with Crippen molar-refractivity contribution < 1.29 is 4.39 Å². The molecule has 0 spiro atoms. The van der Waals surface area contributed by atoms with Crippen molar-refractivity contribution in [1.82, 2.24) is 30.1 Å². The molecule has 5 rings (SSSR count). The van der Waals surface area contributed by atoms with Crippen LogP contribution in [0.1, 0.15) is 53.0 Å². The van der Waals surface area contributed by atoms with E-state index in [2.05, 4.69) is 57.5 Å². The largest absolute Gasteiger partial charge is 0.321 e. The maximum Gasteiger partial charge on any atom is 0.252 e. The topological polar surface area (TPSA) is 79.7 Å². The molecule has 0 bridgehead atoms. The number of tetrazole rings is 1. The van der Waals surface area contributed by atoms with Gasteiger partial charge in [0.2, 0.25) is 0 Å². The van der Waals surface area contributed by atoms with Gasteiger partial charge >= 0.3 is 0 Å². The third kappa shape index (κ3) is 5.40. The lowest BCUT2D eigenvalue weighted by Gasteiger charge is -2.30. The summed E-state index contributed by atoms with van der Waals surface area (Å²) in [6.07, 6.45) is 0.736. The Hall–Kier alpha value is -4.17. The second-order valence-corrected chi connectivity index (χ2v) is 9.75. The minimum atomic E-state index is -0.280. The fourth-order valence-electron chi connectivity index (χ4n) is 4.98. The molecule has 0 radical (unpaired) electrons. The first kappa shape index (κ1) is 25.5. The van der Waals surface area contributed by atoms with Crippen LogP contribution in [0, 0.1) is 19.7 Å². The van der Waals surface area contributed by atoms with Crippen LogP contribution < -0.4 is 5.56 Å². The first-order chi connectivity index (χ1) is 18.4. The number of halogens is 1. The molecular weight excluding hydrogens is 479 g/mol. The van der Waals surface area contributed by atoms with E-state index in [0.29, 0.717) is 31.0 Å². The summed E-state index contributed by atoms with van der Waals surface area (Å²) in [6.45, 7) is 7.63. The van der Waals surface area contributed by atoms with E-state index in [1.165, 1.54) is 12.1 Å². The monoisotopic (exact) mass is 510 g/mol. The molecule has 3 aromatic carbocycles. The Morgan fingerprint density at radius 2 is 1.68 bits per heavy atom. The van der Waals surface area contributed by atoms with Gasteiger partial charge in [-0.1, -0.05) is 61.5 Å². The molecule has 0 fully saturated rings. The van der Waals surface area contributed by atoms with Gasteiger partial charge in [-0.15, -0.1) is 5.10 Å². The average Bonchev–Trinajstić information content (AvgIpc) is 3.37. The smallest absolute Gasteiger partial charge is 0.252 e. The van der Waals surface area contributed by atoms with Crippen molar-refractivity contribution in [2.24, 2.45) is 0 Å². The van der Waals surface area contributed by atoms with Gasteiger partial charge in [0.15, 0.2) is 5.82 Å². The van der Waals surface area contributed by atoms with E-state index in [4.69, 9.17) is 0 Å². The van der Waals surface area contributed by atoms with Crippen molar-refractivity contribution in [1.29, 1.82) is 0 Å². The highest BCUT2D eigenvalue weighted by Gasteiger charge is 2.26. The van der Waals surface area contributed by atoms with Crippen LogP contribution in [-0.4, -0.2) is 30.1 Å². The molecule has 5 aromatic rings. The van der Waals surface area contributed by atoms with Gasteiger partial charge in [-0.2, -0.15) is 0 Å². The number of H-pyrrole nitrogens is 1. The predicted molar refractivity (Wildman–Crippen MR) is 146 cm³/mol. The van der Waals surface area contributed by atoms with Crippen LogP contribution in [0.3, 0.4) is 0 Å². The third-order valence-electron chi connectivity index (χ3n) is 7.05. The fraction of sp³-hybridized carbons (Fsp3) is 0.267. The lowest BCUT2D eigenvalue weighted by Crippen LogP contribution is -2.32. The van der Waals surface area contributed by atoms with E-state index < -0.39 is 0 Å². The molecule has 2 heterocycles. The second kappa shape index (κ2) is 11.1. The molecule has 0 aliphatic carbocycles. The van der Waals surface area contributed by atoms with E-state index in [1.807, 2.05) is 37.3 Å². The predicted octanol–water partition coefficient (Wildman–Crippen LogP) is 5.47. The van der Waals surface area contributed by atoms with Gasteiger partial charge < -0.3 is 4.98 Å². The highest BCUT2D eigenvalue weighted by Crippen LogP contribution is 2.27. The van der Waals surface area contributed by atoms with Gasteiger partial charge in [0, 0.05) is 24.0 Å². The van der Waals surface area contributed by atoms with Gasteiger partial charge in [0.05, 0.1) is 18.1 Å². The van der Waals surface area contributed by atoms with Gasteiger partial charge in [-0.05, 0) is 71.1 Å². The number of pyridine rings is 1. The highest BCUT2D eigenvalue weighted by molar-refractivity contribution is 5.85. The van der Waals surface area contributed by atoms with Crippen LogP contribution in [-0.2, 0) is 19.6 Å².